The Morgan fingerprint density at radius 2 is 1.02 bits per heavy atom. The van der Waals surface area contributed by atoms with E-state index in [0.717, 1.165) is 23.7 Å². The van der Waals surface area contributed by atoms with Gasteiger partial charge in [0, 0.05) is 16.9 Å². The van der Waals surface area contributed by atoms with Crippen molar-refractivity contribution < 1.29 is 0 Å². The van der Waals surface area contributed by atoms with E-state index >= 15 is 0 Å². The summed E-state index contributed by atoms with van der Waals surface area (Å²) in [7, 11) is 0. The van der Waals surface area contributed by atoms with Crippen molar-refractivity contribution in [3.05, 3.63) is 151 Å². The van der Waals surface area contributed by atoms with Gasteiger partial charge in [0.25, 0.3) is 0 Å². The third kappa shape index (κ3) is 5.13. The normalized spacial score (nSPS) is 21.7. The van der Waals surface area contributed by atoms with E-state index < -0.39 is 0 Å². The Bertz CT molecular complexity index is 2010. The van der Waals surface area contributed by atoms with Gasteiger partial charge >= 0.3 is 0 Å². The molecular formula is C45H41N. The smallest absolute Gasteiger partial charge is 0.0542 e. The van der Waals surface area contributed by atoms with Crippen LogP contribution in [0.5, 0.6) is 0 Å². The minimum Gasteiger partial charge on any atom is -0.310 e. The van der Waals surface area contributed by atoms with Crippen LogP contribution in [0.2, 0.25) is 0 Å². The van der Waals surface area contributed by atoms with Crippen LogP contribution in [-0.4, -0.2) is 0 Å². The Labute approximate surface area is 273 Å². The Morgan fingerprint density at radius 3 is 1.85 bits per heavy atom. The minimum absolute atomic E-state index is 0.777. The van der Waals surface area contributed by atoms with E-state index in [1.54, 1.807) is 0 Å². The highest BCUT2D eigenvalue weighted by molar-refractivity contribution is 5.94. The Kier molecular flexibility index (Phi) is 7.00. The molecule has 0 spiro atoms. The van der Waals surface area contributed by atoms with E-state index in [1.807, 2.05) is 0 Å². The average Bonchev–Trinajstić information content (AvgIpc) is 3.12. The molecule has 0 saturated heterocycles. The number of anilines is 3. The zero-order valence-corrected chi connectivity index (χ0v) is 26.5. The maximum absolute atomic E-state index is 2.54. The number of rotatable bonds is 4. The number of fused-ring (bicyclic) bond motifs is 1. The number of hydrogen-bond acceptors (Lipinski definition) is 1. The lowest BCUT2D eigenvalue weighted by Gasteiger charge is -2.42. The summed E-state index contributed by atoms with van der Waals surface area (Å²) in [6.45, 7) is 0. The number of hydrogen-bond donors (Lipinski definition) is 0. The lowest BCUT2D eigenvalue weighted by Crippen LogP contribution is -2.32. The largest absolute Gasteiger partial charge is 0.310 e. The second-order valence-electron chi connectivity index (χ2n) is 14.3. The Hall–Kier alpha value is -4.62. The zero-order valence-electron chi connectivity index (χ0n) is 26.5. The summed E-state index contributed by atoms with van der Waals surface area (Å²) in [4.78, 5) is 2.54. The van der Waals surface area contributed by atoms with Crippen LogP contribution in [0, 0.1) is 23.7 Å². The summed E-state index contributed by atoms with van der Waals surface area (Å²) in [6.07, 6.45) is 9.47. The van der Waals surface area contributed by atoms with Crippen molar-refractivity contribution in [2.75, 3.05) is 4.90 Å². The molecule has 46 heavy (non-hydrogen) atoms. The van der Waals surface area contributed by atoms with Gasteiger partial charge < -0.3 is 4.90 Å². The summed E-state index contributed by atoms with van der Waals surface area (Å²) in [5.41, 5.74) is 12.0. The monoisotopic (exact) mass is 595 g/mol. The van der Waals surface area contributed by atoms with E-state index in [-0.39, 0.29) is 0 Å². The van der Waals surface area contributed by atoms with Crippen molar-refractivity contribution in [2.24, 2.45) is 23.7 Å². The predicted octanol–water partition coefficient (Wildman–Crippen LogP) is 12.2. The van der Waals surface area contributed by atoms with Gasteiger partial charge in [-0.05, 0) is 138 Å². The van der Waals surface area contributed by atoms with Crippen LogP contribution in [0.15, 0.2) is 140 Å². The van der Waals surface area contributed by atoms with Crippen LogP contribution in [0.4, 0.5) is 17.1 Å². The van der Waals surface area contributed by atoms with Crippen LogP contribution < -0.4 is 4.90 Å². The molecule has 6 aromatic carbocycles. The molecule has 0 aromatic heterocycles. The van der Waals surface area contributed by atoms with Crippen molar-refractivity contribution in [3.8, 4) is 22.3 Å². The standard InChI is InChI=1S/C45H41N/c1-2-10-35(11-3-1)38-15-8-17-41(29-38)46(42-21-20-36-12-4-5-13-37(36)30-42)44-19-9-16-40-28-34-25-31-22-32(26-34)24-33(23-31)27-39-14-6-7-18-43(39)45(40)44/h1-21,29-34H,22-28H2. The molecule has 0 radical (unpaired) electrons. The van der Waals surface area contributed by atoms with E-state index in [2.05, 4.69) is 144 Å². The van der Waals surface area contributed by atoms with E-state index in [0.29, 0.717) is 0 Å². The van der Waals surface area contributed by atoms with Crippen LogP contribution in [-0.2, 0) is 12.8 Å². The summed E-state index contributed by atoms with van der Waals surface area (Å²) in [5.74, 6) is 3.40. The van der Waals surface area contributed by atoms with Crippen molar-refractivity contribution >= 4 is 27.8 Å². The molecule has 226 valence electrons. The first-order chi connectivity index (χ1) is 22.7. The second kappa shape index (κ2) is 11.6. The minimum atomic E-state index is 0.777. The van der Waals surface area contributed by atoms with Crippen LogP contribution in [0.3, 0.4) is 0 Å². The molecule has 0 amide bonds. The summed E-state index contributed by atoms with van der Waals surface area (Å²) in [6, 6.07) is 52.2. The van der Waals surface area contributed by atoms with E-state index in [9.17, 15) is 0 Å². The molecular weight excluding hydrogens is 555 g/mol. The molecule has 6 aromatic rings. The summed E-state index contributed by atoms with van der Waals surface area (Å²) >= 11 is 0. The first kappa shape index (κ1) is 27.7. The van der Waals surface area contributed by atoms with Gasteiger partial charge in [0.2, 0.25) is 0 Å². The fraction of sp³-hybridized carbons (Fsp3) is 0.244. The molecule has 2 atom stereocenters. The fourth-order valence-corrected chi connectivity index (χ4v) is 9.48. The van der Waals surface area contributed by atoms with Crippen molar-refractivity contribution in [2.45, 2.75) is 44.9 Å². The molecule has 4 bridgehead atoms. The summed E-state index contributed by atoms with van der Waals surface area (Å²) < 4.78 is 0. The van der Waals surface area contributed by atoms with Gasteiger partial charge in [-0.3, -0.25) is 0 Å². The Morgan fingerprint density at radius 1 is 0.413 bits per heavy atom. The molecule has 2 fully saturated rings. The molecule has 1 heteroatoms. The summed E-state index contributed by atoms with van der Waals surface area (Å²) in [5, 5.41) is 2.54. The van der Waals surface area contributed by atoms with Gasteiger partial charge in [-0.15, -0.1) is 0 Å². The van der Waals surface area contributed by atoms with Crippen LogP contribution in [0.25, 0.3) is 33.0 Å². The molecule has 2 unspecified atom stereocenters. The molecule has 2 saturated carbocycles. The molecule has 4 aliphatic carbocycles. The molecule has 10 rings (SSSR count). The average molecular weight is 596 g/mol. The predicted molar refractivity (Wildman–Crippen MR) is 194 cm³/mol. The molecule has 4 aliphatic rings. The lowest BCUT2D eigenvalue weighted by molar-refractivity contribution is 0.0973. The molecule has 0 heterocycles. The highest BCUT2D eigenvalue weighted by Gasteiger charge is 2.37. The SMILES string of the molecule is c1ccc(-c2cccc(N(c3ccc4ccccc4c3)c3cccc4c3-c3ccccc3CC3CC5CC(C4)CC(C3)C5)c2)cc1. The second-order valence-corrected chi connectivity index (χ2v) is 14.3. The third-order valence-electron chi connectivity index (χ3n) is 11.2. The first-order valence-corrected chi connectivity index (χ1v) is 17.4. The van der Waals surface area contributed by atoms with Crippen molar-refractivity contribution in [1.29, 1.82) is 0 Å². The number of benzene rings is 6. The Balaban J connectivity index is 1.28. The quantitative estimate of drug-likeness (QED) is 0.196. The van der Waals surface area contributed by atoms with Gasteiger partial charge in [0.1, 0.15) is 0 Å². The maximum atomic E-state index is 2.54. The molecule has 0 N–H and O–H groups in total. The molecule has 1 nitrogen and oxygen atoms in total. The zero-order chi connectivity index (χ0) is 30.5. The van der Waals surface area contributed by atoms with Gasteiger partial charge in [-0.2, -0.15) is 0 Å². The van der Waals surface area contributed by atoms with E-state index in [4.69, 9.17) is 0 Å². The highest BCUT2D eigenvalue weighted by Crippen LogP contribution is 2.51. The van der Waals surface area contributed by atoms with Gasteiger partial charge in [0.05, 0.1) is 5.69 Å². The van der Waals surface area contributed by atoms with Crippen molar-refractivity contribution in [1.82, 2.24) is 0 Å². The van der Waals surface area contributed by atoms with Crippen LogP contribution in [0.1, 0.15) is 43.2 Å². The fourth-order valence-electron chi connectivity index (χ4n) is 9.48. The lowest BCUT2D eigenvalue weighted by atomic mass is 9.63. The van der Waals surface area contributed by atoms with Gasteiger partial charge in [-0.1, -0.05) is 109 Å². The maximum Gasteiger partial charge on any atom is 0.0542 e. The van der Waals surface area contributed by atoms with Crippen LogP contribution >= 0.6 is 0 Å². The third-order valence-corrected chi connectivity index (χ3v) is 11.2. The highest BCUT2D eigenvalue weighted by atomic mass is 15.1. The van der Waals surface area contributed by atoms with E-state index in [1.165, 1.54) is 106 Å². The molecule has 0 aliphatic heterocycles. The topological polar surface area (TPSA) is 3.24 Å². The number of nitrogens with zero attached hydrogens (tertiary/aromatic N) is 1. The van der Waals surface area contributed by atoms with Gasteiger partial charge in [0.15, 0.2) is 0 Å². The first-order valence-electron chi connectivity index (χ1n) is 17.4. The van der Waals surface area contributed by atoms with Crippen molar-refractivity contribution in [3.63, 3.8) is 0 Å². The van der Waals surface area contributed by atoms with Gasteiger partial charge in [-0.25, -0.2) is 0 Å².